The summed E-state index contributed by atoms with van der Waals surface area (Å²) in [6.45, 7) is 0. The van der Waals surface area contributed by atoms with Crippen LogP contribution in [-0.2, 0) is 0 Å². The topological polar surface area (TPSA) is 44.1 Å². The van der Waals surface area contributed by atoms with E-state index in [0.717, 1.165) is 5.56 Å². The molecule has 0 radical (unpaired) electrons. The molecule has 0 aliphatic carbocycles. The molecule has 0 aliphatic heterocycles. The molecule has 4 rings (SSSR count). The lowest BCUT2D eigenvalue weighted by Crippen LogP contribution is -2.22. The summed E-state index contributed by atoms with van der Waals surface area (Å²) in [6, 6.07) is 22.4. The molecule has 0 bridgehead atoms. The van der Waals surface area contributed by atoms with E-state index in [4.69, 9.17) is 21.3 Å². The Balaban J connectivity index is 1.95. The van der Waals surface area contributed by atoms with E-state index >= 15 is 0 Å². The van der Waals surface area contributed by atoms with Gasteiger partial charge in [0, 0.05) is 0 Å². The van der Waals surface area contributed by atoms with Crippen LogP contribution in [0.1, 0.15) is 11.4 Å². The van der Waals surface area contributed by atoms with Crippen molar-refractivity contribution in [3.05, 3.63) is 99.6 Å². The molecule has 28 heavy (non-hydrogen) atoms. The van der Waals surface area contributed by atoms with Crippen molar-refractivity contribution < 1.29 is 4.74 Å². The smallest absolute Gasteiger partial charge is 0.266 e. The molecular weight excluding hydrogens is 372 g/mol. The number of para-hydroxylation sites is 1. The summed E-state index contributed by atoms with van der Waals surface area (Å²) in [4.78, 5) is 17.9. The number of nitrogens with zero attached hydrogens (tertiary/aromatic N) is 2. The average molecular weight is 389 g/mol. The Morgan fingerprint density at radius 1 is 0.964 bits per heavy atom. The summed E-state index contributed by atoms with van der Waals surface area (Å²) in [7, 11) is 1.55. The minimum atomic E-state index is -0.153. The standard InChI is InChI=1S/C23H17ClN2O2/c1-28-21-13-12-17(15-19(21)24)26-22(14-11-16-7-3-2-4-8-16)25-20-10-6-5-9-18(20)23(26)27/h2-15H,1H3/b14-11+. The molecule has 4 aromatic rings. The molecular formula is C23H17ClN2O2. The molecule has 3 aromatic carbocycles. The van der Waals surface area contributed by atoms with Gasteiger partial charge in [0.15, 0.2) is 0 Å². The summed E-state index contributed by atoms with van der Waals surface area (Å²) in [6.07, 6.45) is 3.76. The van der Waals surface area contributed by atoms with Gasteiger partial charge in [-0.05, 0) is 42.0 Å². The SMILES string of the molecule is COc1ccc(-n2c(/C=C/c3ccccc3)nc3ccccc3c2=O)cc1Cl. The van der Waals surface area contributed by atoms with Gasteiger partial charge >= 0.3 is 0 Å². The average Bonchev–Trinajstić information content (AvgIpc) is 2.73. The Morgan fingerprint density at radius 3 is 2.46 bits per heavy atom. The van der Waals surface area contributed by atoms with E-state index < -0.39 is 0 Å². The van der Waals surface area contributed by atoms with Crippen molar-refractivity contribution in [2.45, 2.75) is 0 Å². The van der Waals surface area contributed by atoms with Crippen LogP contribution in [0.25, 0.3) is 28.7 Å². The van der Waals surface area contributed by atoms with Gasteiger partial charge in [-0.1, -0.05) is 60.1 Å². The van der Waals surface area contributed by atoms with E-state index in [1.807, 2.05) is 60.7 Å². The van der Waals surface area contributed by atoms with E-state index in [2.05, 4.69) is 0 Å². The van der Waals surface area contributed by atoms with Crippen molar-refractivity contribution in [1.82, 2.24) is 9.55 Å². The number of benzene rings is 3. The molecule has 5 heteroatoms. The first kappa shape index (κ1) is 18.0. The van der Waals surface area contributed by atoms with Crippen LogP contribution in [0.3, 0.4) is 0 Å². The lowest BCUT2D eigenvalue weighted by Gasteiger charge is -2.13. The zero-order valence-electron chi connectivity index (χ0n) is 15.2. The summed E-state index contributed by atoms with van der Waals surface area (Å²) in [5.41, 5.74) is 2.14. The lowest BCUT2D eigenvalue weighted by molar-refractivity contribution is 0.415. The molecule has 138 valence electrons. The highest BCUT2D eigenvalue weighted by Gasteiger charge is 2.12. The Labute approximate surface area is 167 Å². The summed E-state index contributed by atoms with van der Waals surface area (Å²) in [5, 5.41) is 0.976. The van der Waals surface area contributed by atoms with Crippen molar-refractivity contribution in [2.24, 2.45) is 0 Å². The molecule has 0 saturated carbocycles. The second kappa shape index (κ2) is 7.71. The highest BCUT2D eigenvalue weighted by molar-refractivity contribution is 6.32. The summed E-state index contributed by atoms with van der Waals surface area (Å²) >= 11 is 6.30. The maximum Gasteiger partial charge on any atom is 0.266 e. The number of fused-ring (bicyclic) bond motifs is 1. The van der Waals surface area contributed by atoms with Gasteiger partial charge < -0.3 is 4.74 Å². The van der Waals surface area contributed by atoms with Crippen LogP contribution in [0.4, 0.5) is 0 Å². The van der Waals surface area contributed by atoms with Crippen molar-refractivity contribution in [3.63, 3.8) is 0 Å². The largest absolute Gasteiger partial charge is 0.495 e. The molecule has 1 aromatic heterocycles. The molecule has 0 unspecified atom stereocenters. The van der Waals surface area contributed by atoms with E-state index in [1.165, 1.54) is 0 Å². The van der Waals surface area contributed by atoms with Gasteiger partial charge in [0.2, 0.25) is 0 Å². The number of halogens is 1. The highest BCUT2D eigenvalue weighted by atomic mass is 35.5. The van der Waals surface area contributed by atoms with Crippen molar-refractivity contribution in [2.75, 3.05) is 7.11 Å². The number of aromatic nitrogens is 2. The van der Waals surface area contributed by atoms with E-state index in [9.17, 15) is 4.79 Å². The van der Waals surface area contributed by atoms with Crippen LogP contribution in [0.15, 0.2) is 77.6 Å². The Bertz CT molecular complexity index is 1230. The second-order valence-electron chi connectivity index (χ2n) is 6.19. The van der Waals surface area contributed by atoms with Gasteiger partial charge in [-0.3, -0.25) is 9.36 Å². The maximum atomic E-state index is 13.2. The number of ether oxygens (including phenoxy) is 1. The van der Waals surface area contributed by atoms with Gasteiger partial charge in [0.05, 0.1) is 28.7 Å². The van der Waals surface area contributed by atoms with E-state index in [-0.39, 0.29) is 5.56 Å². The zero-order chi connectivity index (χ0) is 19.5. The van der Waals surface area contributed by atoms with Crippen LogP contribution in [0.5, 0.6) is 5.75 Å². The third-order valence-electron chi connectivity index (χ3n) is 4.42. The van der Waals surface area contributed by atoms with Crippen LogP contribution >= 0.6 is 11.6 Å². The first-order valence-electron chi connectivity index (χ1n) is 8.76. The zero-order valence-corrected chi connectivity index (χ0v) is 15.9. The first-order valence-corrected chi connectivity index (χ1v) is 9.14. The minimum absolute atomic E-state index is 0.153. The summed E-state index contributed by atoms with van der Waals surface area (Å²) in [5.74, 6) is 1.07. The second-order valence-corrected chi connectivity index (χ2v) is 6.60. The molecule has 1 heterocycles. The Kier molecular flexibility index (Phi) is 4.96. The van der Waals surface area contributed by atoms with Crippen LogP contribution in [0.2, 0.25) is 5.02 Å². The molecule has 0 fully saturated rings. The van der Waals surface area contributed by atoms with Gasteiger partial charge in [-0.25, -0.2) is 4.98 Å². The number of methoxy groups -OCH3 is 1. The fraction of sp³-hybridized carbons (Fsp3) is 0.0435. The minimum Gasteiger partial charge on any atom is -0.495 e. The predicted molar refractivity (Wildman–Crippen MR) is 114 cm³/mol. The van der Waals surface area contributed by atoms with E-state index in [1.54, 1.807) is 35.9 Å². The third kappa shape index (κ3) is 3.42. The van der Waals surface area contributed by atoms with Crippen LogP contribution in [0, 0.1) is 0 Å². The Hall–Kier alpha value is -3.37. The fourth-order valence-electron chi connectivity index (χ4n) is 3.04. The van der Waals surface area contributed by atoms with Gasteiger partial charge in [0.1, 0.15) is 11.6 Å². The Morgan fingerprint density at radius 2 is 1.71 bits per heavy atom. The predicted octanol–water partition coefficient (Wildman–Crippen LogP) is 5.22. The fourth-order valence-corrected chi connectivity index (χ4v) is 3.29. The molecule has 0 atom stereocenters. The lowest BCUT2D eigenvalue weighted by atomic mass is 10.2. The monoisotopic (exact) mass is 388 g/mol. The number of rotatable bonds is 4. The third-order valence-corrected chi connectivity index (χ3v) is 4.72. The van der Waals surface area contributed by atoms with Crippen molar-refractivity contribution >= 4 is 34.7 Å². The first-order chi connectivity index (χ1) is 13.7. The summed E-state index contributed by atoms with van der Waals surface area (Å²) < 4.78 is 6.79. The molecule has 0 spiro atoms. The maximum absolute atomic E-state index is 13.2. The quantitative estimate of drug-likeness (QED) is 0.481. The molecule has 0 amide bonds. The molecule has 4 nitrogen and oxygen atoms in total. The highest BCUT2D eigenvalue weighted by Crippen LogP contribution is 2.27. The van der Waals surface area contributed by atoms with Gasteiger partial charge in [0.25, 0.3) is 5.56 Å². The van der Waals surface area contributed by atoms with Crippen molar-refractivity contribution in [3.8, 4) is 11.4 Å². The normalized spacial score (nSPS) is 11.2. The van der Waals surface area contributed by atoms with Crippen LogP contribution in [-0.4, -0.2) is 16.7 Å². The van der Waals surface area contributed by atoms with E-state index in [0.29, 0.717) is 33.2 Å². The van der Waals surface area contributed by atoms with Gasteiger partial charge in [-0.15, -0.1) is 0 Å². The number of hydrogen-bond donors (Lipinski definition) is 0. The van der Waals surface area contributed by atoms with Crippen molar-refractivity contribution in [1.29, 1.82) is 0 Å². The molecule has 0 N–H and O–H groups in total. The number of hydrogen-bond acceptors (Lipinski definition) is 3. The molecule has 0 aliphatic rings. The van der Waals surface area contributed by atoms with Gasteiger partial charge in [-0.2, -0.15) is 0 Å². The molecule has 0 saturated heterocycles. The van der Waals surface area contributed by atoms with Crippen LogP contribution < -0.4 is 10.3 Å².